The molecule has 0 amide bonds. The summed E-state index contributed by atoms with van der Waals surface area (Å²) < 4.78 is 10.7. The minimum Gasteiger partial charge on any atom is -0.478 e. The van der Waals surface area contributed by atoms with Crippen molar-refractivity contribution in [2.75, 3.05) is 32.1 Å². The first kappa shape index (κ1) is 24.4. The van der Waals surface area contributed by atoms with E-state index in [-0.39, 0.29) is 17.9 Å². The van der Waals surface area contributed by atoms with Crippen LogP contribution in [0.25, 0.3) is 0 Å². The topological polar surface area (TPSA) is 74.6 Å². The van der Waals surface area contributed by atoms with Crippen LogP contribution in [0.3, 0.4) is 0 Å². The molecule has 0 aromatic heterocycles. The molecule has 1 aliphatic heterocycles. The van der Waals surface area contributed by atoms with Gasteiger partial charge in [-0.25, -0.2) is 0 Å². The number of ether oxygens (including phenoxy) is 2. The average molecular weight is 478 g/mol. The van der Waals surface area contributed by atoms with Gasteiger partial charge in [0, 0.05) is 28.8 Å². The molecule has 1 atom stereocenters. The number of nitrogens with zero attached hydrogens (tertiary/aromatic N) is 1. The molecule has 2 aromatic carbocycles. The summed E-state index contributed by atoms with van der Waals surface area (Å²) in [6.07, 6.45) is 3.66. The fourth-order valence-electron chi connectivity index (χ4n) is 3.84. The second-order valence-electron chi connectivity index (χ2n) is 7.77. The van der Waals surface area contributed by atoms with Crippen LogP contribution in [-0.4, -0.2) is 49.6 Å². The van der Waals surface area contributed by atoms with Crippen LogP contribution in [-0.2, 0) is 20.8 Å². The van der Waals surface area contributed by atoms with Crippen LogP contribution in [0.2, 0.25) is 10.0 Å². The van der Waals surface area contributed by atoms with Crippen molar-refractivity contribution < 1.29 is 14.3 Å². The molecular weight excluding hydrogens is 449 g/mol. The number of carbonyl (C=O) groups excluding carboxylic acids is 1. The number of methoxy groups -OCH3 is 1. The molecule has 6 nitrogen and oxygen atoms in total. The van der Waals surface area contributed by atoms with Crippen molar-refractivity contribution in [1.29, 1.82) is 5.41 Å². The Morgan fingerprint density at radius 2 is 1.91 bits per heavy atom. The number of halogens is 2. The maximum atomic E-state index is 12.0. The number of hydrogen-bond acceptors (Lipinski definition) is 6. The van der Waals surface area contributed by atoms with Crippen LogP contribution in [0.15, 0.2) is 42.5 Å². The number of piperidine rings is 1. The van der Waals surface area contributed by atoms with E-state index in [1.54, 1.807) is 12.1 Å². The van der Waals surface area contributed by atoms with Gasteiger partial charge in [-0.1, -0.05) is 41.8 Å². The minimum absolute atomic E-state index is 0.0641. The summed E-state index contributed by atoms with van der Waals surface area (Å²) >= 11 is 12.1. The molecule has 1 heterocycles. The first-order chi connectivity index (χ1) is 15.5. The fraction of sp³-hybridized carbons (Fsp3) is 0.417. The van der Waals surface area contributed by atoms with Crippen LogP contribution < -0.4 is 5.32 Å². The maximum absolute atomic E-state index is 12.0. The van der Waals surface area contributed by atoms with E-state index in [4.69, 9.17) is 38.1 Å². The molecule has 1 saturated heterocycles. The molecular formula is C24H29Cl2N3O3. The zero-order valence-corrected chi connectivity index (χ0v) is 19.7. The highest BCUT2D eigenvalue weighted by Gasteiger charge is 2.28. The van der Waals surface area contributed by atoms with Gasteiger partial charge in [0.25, 0.3) is 0 Å². The van der Waals surface area contributed by atoms with Gasteiger partial charge in [-0.15, -0.1) is 0 Å². The smallest absolute Gasteiger partial charge is 0.323 e. The highest BCUT2D eigenvalue weighted by Crippen LogP contribution is 2.23. The van der Waals surface area contributed by atoms with Gasteiger partial charge in [0.05, 0.1) is 19.3 Å². The van der Waals surface area contributed by atoms with Gasteiger partial charge in [-0.3, -0.25) is 15.1 Å². The van der Waals surface area contributed by atoms with Gasteiger partial charge in [0.15, 0.2) is 0 Å². The lowest BCUT2D eigenvalue weighted by Crippen LogP contribution is -2.45. The molecule has 172 valence electrons. The summed E-state index contributed by atoms with van der Waals surface area (Å²) in [5.41, 5.74) is 2.46. The molecule has 0 aliphatic carbocycles. The van der Waals surface area contributed by atoms with E-state index in [9.17, 15) is 4.79 Å². The standard InChI is InChI=1S/C24H29Cl2N3O3/c1-31-24(30)22-5-2-3-12-29(22)13-4-14-32-23(27)20-15-19(26)10-11-21(20)28-16-17-6-8-18(25)9-7-17/h6-11,15,22,27-28H,2-5,12-14,16H2,1H3. The molecule has 0 radical (unpaired) electrons. The monoisotopic (exact) mass is 477 g/mol. The van der Waals surface area contributed by atoms with Gasteiger partial charge in [0.2, 0.25) is 5.90 Å². The molecule has 0 bridgehead atoms. The Morgan fingerprint density at radius 3 is 2.66 bits per heavy atom. The van der Waals surface area contributed by atoms with E-state index in [1.165, 1.54) is 7.11 Å². The highest BCUT2D eigenvalue weighted by molar-refractivity contribution is 6.31. The third-order valence-electron chi connectivity index (χ3n) is 5.55. The second kappa shape index (κ2) is 12.1. The Bertz CT molecular complexity index is 921. The minimum atomic E-state index is -0.176. The number of carbonyl (C=O) groups is 1. The molecule has 2 aromatic rings. The van der Waals surface area contributed by atoms with Gasteiger partial charge in [-0.05, 0) is 61.7 Å². The van der Waals surface area contributed by atoms with Crippen LogP contribution in [0.4, 0.5) is 5.69 Å². The number of benzene rings is 2. The lowest BCUT2D eigenvalue weighted by Gasteiger charge is -2.33. The van der Waals surface area contributed by atoms with Gasteiger partial charge in [0.1, 0.15) is 6.04 Å². The van der Waals surface area contributed by atoms with Gasteiger partial charge >= 0.3 is 5.97 Å². The maximum Gasteiger partial charge on any atom is 0.323 e. The van der Waals surface area contributed by atoms with Gasteiger partial charge in [-0.2, -0.15) is 0 Å². The number of rotatable bonds is 9. The van der Waals surface area contributed by atoms with Crippen molar-refractivity contribution in [3.63, 3.8) is 0 Å². The van der Waals surface area contributed by atoms with Crippen LogP contribution in [0, 0.1) is 5.41 Å². The Labute approximate surface area is 199 Å². The summed E-state index contributed by atoms with van der Waals surface area (Å²) in [7, 11) is 1.43. The lowest BCUT2D eigenvalue weighted by molar-refractivity contribution is -0.148. The van der Waals surface area contributed by atoms with Crippen LogP contribution in [0.1, 0.15) is 36.8 Å². The summed E-state index contributed by atoms with van der Waals surface area (Å²) in [5.74, 6) is -0.108. The highest BCUT2D eigenvalue weighted by atomic mass is 35.5. The van der Waals surface area contributed by atoms with Crippen LogP contribution in [0.5, 0.6) is 0 Å². The summed E-state index contributed by atoms with van der Waals surface area (Å²) in [4.78, 5) is 14.2. The van der Waals surface area contributed by atoms with E-state index < -0.39 is 0 Å². The number of nitrogens with one attached hydrogen (secondary N) is 2. The quantitative estimate of drug-likeness (QED) is 0.220. The third-order valence-corrected chi connectivity index (χ3v) is 6.03. The summed E-state index contributed by atoms with van der Waals surface area (Å²) in [6.45, 7) is 2.57. The molecule has 0 spiro atoms. The van der Waals surface area contributed by atoms with Crippen LogP contribution >= 0.6 is 23.2 Å². The van der Waals surface area contributed by atoms with Crippen molar-refractivity contribution in [1.82, 2.24) is 4.90 Å². The molecule has 8 heteroatoms. The number of anilines is 1. The zero-order valence-electron chi connectivity index (χ0n) is 18.2. The number of likely N-dealkylation sites (tertiary alicyclic amines) is 1. The van der Waals surface area contributed by atoms with E-state index in [0.717, 1.165) is 43.6 Å². The van der Waals surface area contributed by atoms with E-state index in [2.05, 4.69) is 10.2 Å². The zero-order chi connectivity index (χ0) is 22.9. The Hall–Kier alpha value is -2.28. The van der Waals surface area contributed by atoms with Gasteiger partial charge < -0.3 is 14.8 Å². The van der Waals surface area contributed by atoms with Crippen molar-refractivity contribution in [3.8, 4) is 0 Å². The Kier molecular flexibility index (Phi) is 9.21. The SMILES string of the molecule is COC(=O)C1CCCCN1CCCOC(=N)c1cc(Cl)ccc1NCc1ccc(Cl)cc1. The van der Waals surface area contributed by atoms with E-state index in [0.29, 0.717) is 35.2 Å². The van der Waals surface area contributed by atoms with Crippen molar-refractivity contribution in [2.24, 2.45) is 0 Å². The third kappa shape index (κ3) is 6.86. The summed E-state index contributed by atoms with van der Waals surface area (Å²) in [6, 6.07) is 12.8. The van der Waals surface area contributed by atoms with E-state index >= 15 is 0 Å². The average Bonchev–Trinajstić information content (AvgIpc) is 2.81. The van der Waals surface area contributed by atoms with Crippen molar-refractivity contribution in [3.05, 3.63) is 63.6 Å². The number of esters is 1. The molecule has 0 saturated carbocycles. The molecule has 1 fully saturated rings. The van der Waals surface area contributed by atoms with Crippen molar-refractivity contribution in [2.45, 2.75) is 38.3 Å². The fourth-order valence-corrected chi connectivity index (χ4v) is 4.14. The Balaban J connectivity index is 1.53. The summed E-state index contributed by atoms with van der Waals surface area (Å²) in [5, 5.41) is 13.0. The van der Waals surface area contributed by atoms with Crippen molar-refractivity contribution >= 4 is 40.8 Å². The lowest BCUT2D eigenvalue weighted by atomic mass is 10.0. The molecule has 1 unspecified atom stereocenters. The first-order valence-electron chi connectivity index (χ1n) is 10.8. The molecule has 32 heavy (non-hydrogen) atoms. The predicted molar refractivity (Wildman–Crippen MR) is 129 cm³/mol. The Morgan fingerprint density at radius 1 is 1.16 bits per heavy atom. The second-order valence-corrected chi connectivity index (χ2v) is 8.64. The normalized spacial score (nSPS) is 16.4. The first-order valence-corrected chi connectivity index (χ1v) is 11.5. The van der Waals surface area contributed by atoms with E-state index in [1.807, 2.05) is 30.3 Å². The molecule has 1 aliphatic rings. The largest absolute Gasteiger partial charge is 0.478 e. The molecule has 2 N–H and O–H groups in total. The molecule has 3 rings (SSSR count). The number of hydrogen-bond donors (Lipinski definition) is 2. The predicted octanol–water partition coefficient (Wildman–Crippen LogP) is 5.37.